The molecule has 1 aromatic heterocycles. The van der Waals surface area contributed by atoms with Crippen molar-refractivity contribution in [3.05, 3.63) is 21.6 Å². The summed E-state index contributed by atoms with van der Waals surface area (Å²) in [5.41, 5.74) is 1.70. The van der Waals surface area contributed by atoms with E-state index in [0.29, 0.717) is 5.95 Å². The van der Waals surface area contributed by atoms with Gasteiger partial charge in [0.05, 0.1) is 0 Å². The van der Waals surface area contributed by atoms with E-state index in [1.54, 1.807) is 11.6 Å². The van der Waals surface area contributed by atoms with Crippen molar-refractivity contribution in [1.82, 2.24) is 9.55 Å². The lowest BCUT2D eigenvalue weighted by Gasteiger charge is -2.12. The Morgan fingerprint density at radius 1 is 1.40 bits per heavy atom. The zero-order chi connectivity index (χ0) is 11.4. The highest BCUT2D eigenvalue weighted by Crippen LogP contribution is 2.05. The minimum atomic E-state index is 0.0589. The molecular formula is C11H19N3O. The van der Waals surface area contributed by atoms with Crippen LogP contribution in [0.15, 0.2) is 4.79 Å². The van der Waals surface area contributed by atoms with Crippen molar-refractivity contribution in [3.8, 4) is 0 Å². The van der Waals surface area contributed by atoms with Gasteiger partial charge in [-0.3, -0.25) is 9.36 Å². The first-order valence-electron chi connectivity index (χ1n) is 5.42. The van der Waals surface area contributed by atoms with E-state index >= 15 is 0 Å². The van der Waals surface area contributed by atoms with Crippen molar-refractivity contribution >= 4 is 5.95 Å². The van der Waals surface area contributed by atoms with Gasteiger partial charge in [-0.05, 0) is 19.8 Å². The molecule has 1 rings (SSSR count). The smallest absolute Gasteiger partial charge is 0.258 e. The summed E-state index contributed by atoms with van der Waals surface area (Å²) in [4.78, 5) is 16.3. The van der Waals surface area contributed by atoms with E-state index in [0.717, 1.165) is 30.6 Å². The molecule has 0 amide bonds. The molecule has 0 atom stereocenters. The molecule has 84 valence electrons. The Labute approximate surface area is 90.3 Å². The average Bonchev–Trinajstić information content (AvgIpc) is 2.22. The fraction of sp³-hybridized carbons (Fsp3) is 0.636. The number of hydrogen-bond donors (Lipinski definition) is 1. The predicted octanol–water partition coefficient (Wildman–Crippen LogP) is 1.47. The second kappa shape index (κ2) is 4.96. The highest BCUT2D eigenvalue weighted by Gasteiger charge is 2.09. The normalized spacial score (nSPS) is 10.4. The van der Waals surface area contributed by atoms with Crippen molar-refractivity contribution in [2.45, 2.75) is 33.6 Å². The Morgan fingerprint density at radius 3 is 2.60 bits per heavy atom. The number of nitrogens with one attached hydrogen (secondary N) is 1. The summed E-state index contributed by atoms with van der Waals surface area (Å²) in [6, 6.07) is 0. The van der Waals surface area contributed by atoms with Crippen LogP contribution >= 0.6 is 0 Å². The zero-order valence-corrected chi connectivity index (χ0v) is 9.92. The molecule has 1 heterocycles. The maximum absolute atomic E-state index is 11.9. The monoisotopic (exact) mass is 209 g/mol. The lowest BCUT2D eigenvalue weighted by molar-refractivity contribution is 0.781. The average molecular weight is 209 g/mol. The van der Waals surface area contributed by atoms with Crippen LogP contribution in [0.2, 0.25) is 0 Å². The first kappa shape index (κ1) is 11.8. The van der Waals surface area contributed by atoms with Crippen molar-refractivity contribution < 1.29 is 0 Å². The Balaban J connectivity index is 3.16. The lowest BCUT2D eigenvalue weighted by atomic mass is 10.2. The number of nitrogens with zero attached hydrogens (tertiary/aromatic N) is 2. The van der Waals surface area contributed by atoms with Gasteiger partial charge in [-0.15, -0.1) is 0 Å². The van der Waals surface area contributed by atoms with Gasteiger partial charge in [-0.1, -0.05) is 13.8 Å². The molecule has 0 bridgehead atoms. The Bertz CT molecular complexity index is 396. The molecular weight excluding hydrogens is 190 g/mol. The SMILES string of the molecule is CCCNc1nc(C)c(CC)c(=O)n1C. The van der Waals surface area contributed by atoms with Crippen LogP contribution < -0.4 is 10.9 Å². The van der Waals surface area contributed by atoms with Crippen LogP contribution in [-0.4, -0.2) is 16.1 Å². The maximum atomic E-state index is 11.9. The van der Waals surface area contributed by atoms with E-state index in [4.69, 9.17) is 0 Å². The Morgan fingerprint density at radius 2 is 2.07 bits per heavy atom. The van der Waals surface area contributed by atoms with E-state index in [1.807, 2.05) is 13.8 Å². The molecule has 0 spiro atoms. The molecule has 0 aliphatic carbocycles. The number of hydrogen-bond acceptors (Lipinski definition) is 3. The maximum Gasteiger partial charge on any atom is 0.258 e. The molecule has 1 aromatic rings. The van der Waals surface area contributed by atoms with E-state index in [1.165, 1.54) is 0 Å². The van der Waals surface area contributed by atoms with Crippen LogP contribution in [0.5, 0.6) is 0 Å². The van der Waals surface area contributed by atoms with Crippen LogP contribution in [0.1, 0.15) is 31.5 Å². The zero-order valence-electron chi connectivity index (χ0n) is 9.92. The molecule has 15 heavy (non-hydrogen) atoms. The highest BCUT2D eigenvalue weighted by molar-refractivity contribution is 5.31. The summed E-state index contributed by atoms with van der Waals surface area (Å²) in [6.45, 7) is 6.78. The van der Waals surface area contributed by atoms with E-state index in [2.05, 4.69) is 17.2 Å². The van der Waals surface area contributed by atoms with Gasteiger partial charge >= 0.3 is 0 Å². The van der Waals surface area contributed by atoms with E-state index in [-0.39, 0.29) is 5.56 Å². The Kier molecular flexibility index (Phi) is 3.88. The van der Waals surface area contributed by atoms with Crippen LogP contribution in [0.25, 0.3) is 0 Å². The fourth-order valence-corrected chi connectivity index (χ4v) is 1.56. The number of rotatable bonds is 4. The van der Waals surface area contributed by atoms with Crippen molar-refractivity contribution in [1.29, 1.82) is 0 Å². The van der Waals surface area contributed by atoms with Crippen LogP contribution in [0.3, 0.4) is 0 Å². The van der Waals surface area contributed by atoms with Crippen molar-refractivity contribution in [2.24, 2.45) is 7.05 Å². The molecule has 0 aliphatic rings. The molecule has 4 nitrogen and oxygen atoms in total. The van der Waals surface area contributed by atoms with Gasteiger partial charge in [0.15, 0.2) is 0 Å². The summed E-state index contributed by atoms with van der Waals surface area (Å²) < 4.78 is 1.58. The fourth-order valence-electron chi connectivity index (χ4n) is 1.56. The minimum Gasteiger partial charge on any atom is -0.356 e. The minimum absolute atomic E-state index is 0.0589. The van der Waals surface area contributed by atoms with E-state index in [9.17, 15) is 4.79 Å². The molecule has 0 saturated carbocycles. The summed E-state index contributed by atoms with van der Waals surface area (Å²) in [5, 5.41) is 3.15. The summed E-state index contributed by atoms with van der Waals surface area (Å²) in [5.74, 6) is 0.663. The first-order chi connectivity index (χ1) is 7.11. The summed E-state index contributed by atoms with van der Waals surface area (Å²) in [7, 11) is 1.76. The number of anilines is 1. The first-order valence-corrected chi connectivity index (χ1v) is 5.42. The van der Waals surface area contributed by atoms with Crippen LogP contribution in [0, 0.1) is 6.92 Å². The largest absolute Gasteiger partial charge is 0.356 e. The predicted molar refractivity (Wildman–Crippen MR) is 62.4 cm³/mol. The van der Waals surface area contributed by atoms with Crippen LogP contribution in [0.4, 0.5) is 5.95 Å². The van der Waals surface area contributed by atoms with Crippen LogP contribution in [-0.2, 0) is 13.5 Å². The second-order valence-electron chi connectivity index (χ2n) is 3.64. The topological polar surface area (TPSA) is 46.9 Å². The quantitative estimate of drug-likeness (QED) is 0.817. The number of aryl methyl sites for hydroxylation is 1. The van der Waals surface area contributed by atoms with Gasteiger partial charge in [-0.2, -0.15) is 0 Å². The number of aromatic nitrogens is 2. The molecule has 0 unspecified atom stereocenters. The van der Waals surface area contributed by atoms with Gasteiger partial charge in [0, 0.05) is 24.8 Å². The molecule has 1 N–H and O–H groups in total. The second-order valence-corrected chi connectivity index (χ2v) is 3.64. The molecule has 0 fully saturated rings. The molecule has 0 radical (unpaired) electrons. The van der Waals surface area contributed by atoms with Gasteiger partial charge in [0.2, 0.25) is 5.95 Å². The van der Waals surface area contributed by atoms with Gasteiger partial charge in [-0.25, -0.2) is 4.98 Å². The highest BCUT2D eigenvalue weighted by atomic mass is 16.1. The summed E-state index contributed by atoms with van der Waals surface area (Å²) >= 11 is 0. The third-order valence-corrected chi connectivity index (χ3v) is 2.48. The molecule has 0 saturated heterocycles. The standard InChI is InChI=1S/C11H19N3O/c1-5-7-12-11-13-8(3)9(6-2)10(15)14(11)4/h5-7H2,1-4H3,(H,12,13). The lowest BCUT2D eigenvalue weighted by Crippen LogP contribution is -2.26. The molecule has 4 heteroatoms. The third-order valence-electron chi connectivity index (χ3n) is 2.48. The van der Waals surface area contributed by atoms with E-state index < -0.39 is 0 Å². The van der Waals surface area contributed by atoms with Gasteiger partial charge < -0.3 is 5.32 Å². The summed E-state index contributed by atoms with van der Waals surface area (Å²) in [6.07, 6.45) is 1.75. The molecule has 0 aromatic carbocycles. The van der Waals surface area contributed by atoms with Gasteiger partial charge in [0.25, 0.3) is 5.56 Å². The molecule has 0 aliphatic heterocycles. The van der Waals surface area contributed by atoms with Crippen molar-refractivity contribution in [2.75, 3.05) is 11.9 Å². The van der Waals surface area contributed by atoms with Gasteiger partial charge in [0.1, 0.15) is 0 Å². The third kappa shape index (κ3) is 2.37. The van der Waals surface area contributed by atoms with Crippen molar-refractivity contribution in [3.63, 3.8) is 0 Å². The Hall–Kier alpha value is -1.32.